The molecule has 0 saturated heterocycles. The van der Waals surface area contributed by atoms with E-state index in [0.29, 0.717) is 22.7 Å². The minimum atomic E-state index is -0.112. The number of carbonyl (C=O) groups is 1. The molecule has 2 aromatic heterocycles. The Hall–Kier alpha value is -2.69. The van der Waals surface area contributed by atoms with Crippen LogP contribution in [-0.2, 0) is 4.79 Å². The van der Waals surface area contributed by atoms with Gasteiger partial charge >= 0.3 is 0 Å². The van der Waals surface area contributed by atoms with Crippen LogP contribution in [0.3, 0.4) is 0 Å². The molecule has 0 aliphatic rings. The lowest BCUT2D eigenvalue weighted by molar-refractivity contribution is -0.114. The van der Waals surface area contributed by atoms with Gasteiger partial charge in [0, 0.05) is 30.4 Å². The van der Waals surface area contributed by atoms with E-state index >= 15 is 0 Å². The van der Waals surface area contributed by atoms with E-state index in [1.165, 1.54) is 6.92 Å². The quantitative estimate of drug-likeness (QED) is 0.762. The molecule has 94 valence electrons. The second-order valence-electron chi connectivity index (χ2n) is 4.12. The minimum Gasteiger partial charge on any atom is -0.436 e. The molecule has 3 aromatic rings. The van der Waals surface area contributed by atoms with Gasteiger partial charge in [-0.15, -0.1) is 0 Å². The van der Waals surface area contributed by atoms with Gasteiger partial charge in [0.25, 0.3) is 0 Å². The van der Waals surface area contributed by atoms with Crippen molar-refractivity contribution >= 4 is 22.7 Å². The molecule has 5 heteroatoms. The van der Waals surface area contributed by atoms with Gasteiger partial charge in [0.2, 0.25) is 11.8 Å². The van der Waals surface area contributed by atoms with Gasteiger partial charge in [0.1, 0.15) is 5.52 Å². The summed E-state index contributed by atoms with van der Waals surface area (Å²) in [6.07, 6.45) is 3.31. The number of benzene rings is 1. The summed E-state index contributed by atoms with van der Waals surface area (Å²) >= 11 is 0. The highest BCUT2D eigenvalue weighted by Gasteiger charge is 2.08. The van der Waals surface area contributed by atoms with Gasteiger partial charge in [0.05, 0.1) is 6.20 Å². The number of carbonyl (C=O) groups excluding carboxylic acids is 1. The molecular weight excluding hydrogens is 242 g/mol. The van der Waals surface area contributed by atoms with Crippen molar-refractivity contribution in [1.82, 2.24) is 9.97 Å². The molecule has 0 saturated carbocycles. The average Bonchev–Trinajstić information content (AvgIpc) is 2.82. The van der Waals surface area contributed by atoms with E-state index in [9.17, 15) is 4.79 Å². The van der Waals surface area contributed by atoms with Gasteiger partial charge in [-0.3, -0.25) is 9.78 Å². The Morgan fingerprint density at radius 1 is 1.32 bits per heavy atom. The highest BCUT2D eigenvalue weighted by atomic mass is 16.3. The van der Waals surface area contributed by atoms with Crippen LogP contribution < -0.4 is 5.32 Å². The van der Waals surface area contributed by atoms with E-state index in [4.69, 9.17) is 4.42 Å². The Morgan fingerprint density at radius 2 is 2.21 bits per heavy atom. The van der Waals surface area contributed by atoms with Crippen molar-refractivity contribution in [1.29, 1.82) is 0 Å². The SMILES string of the molecule is CC(=O)Nc1cccc(-c2nc3cnccc3o2)c1. The number of nitrogens with zero attached hydrogens (tertiary/aromatic N) is 2. The normalized spacial score (nSPS) is 10.6. The van der Waals surface area contributed by atoms with Crippen molar-refractivity contribution in [3.05, 3.63) is 42.7 Å². The molecule has 5 nitrogen and oxygen atoms in total. The molecule has 0 atom stereocenters. The molecule has 0 bridgehead atoms. The van der Waals surface area contributed by atoms with Crippen LogP contribution in [0, 0.1) is 0 Å². The fourth-order valence-corrected chi connectivity index (χ4v) is 1.84. The summed E-state index contributed by atoms with van der Waals surface area (Å²) in [6, 6.07) is 9.12. The zero-order valence-electron chi connectivity index (χ0n) is 10.3. The van der Waals surface area contributed by atoms with Crippen LogP contribution in [-0.4, -0.2) is 15.9 Å². The maximum atomic E-state index is 11.0. The molecule has 2 heterocycles. The van der Waals surface area contributed by atoms with E-state index in [1.54, 1.807) is 18.5 Å². The maximum absolute atomic E-state index is 11.0. The van der Waals surface area contributed by atoms with E-state index < -0.39 is 0 Å². The van der Waals surface area contributed by atoms with Crippen LogP contribution in [0.15, 0.2) is 47.1 Å². The van der Waals surface area contributed by atoms with Crippen molar-refractivity contribution in [2.24, 2.45) is 0 Å². The number of fused-ring (bicyclic) bond motifs is 1. The fourth-order valence-electron chi connectivity index (χ4n) is 1.84. The molecule has 0 fully saturated rings. The number of amides is 1. The summed E-state index contributed by atoms with van der Waals surface area (Å²) in [7, 11) is 0. The van der Waals surface area contributed by atoms with Crippen molar-refractivity contribution in [3.63, 3.8) is 0 Å². The largest absolute Gasteiger partial charge is 0.436 e. The Kier molecular flexibility index (Phi) is 2.72. The average molecular weight is 253 g/mol. The number of aromatic nitrogens is 2. The van der Waals surface area contributed by atoms with Crippen molar-refractivity contribution in [2.75, 3.05) is 5.32 Å². The zero-order valence-corrected chi connectivity index (χ0v) is 10.3. The van der Waals surface area contributed by atoms with Gasteiger partial charge in [-0.05, 0) is 18.2 Å². The van der Waals surface area contributed by atoms with Crippen molar-refractivity contribution in [2.45, 2.75) is 6.92 Å². The molecule has 19 heavy (non-hydrogen) atoms. The van der Waals surface area contributed by atoms with Crippen molar-refractivity contribution in [3.8, 4) is 11.5 Å². The minimum absolute atomic E-state index is 0.112. The molecule has 1 N–H and O–H groups in total. The van der Waals surface area contributed by atoms with Gasteiger partial charge in [0.15, 0.2) is 5.58 Å². The third-order valence-electron chi connectivity index (χ3n) is 2.62. The second kappa shape index (κ2) is 4.53. The number of anilines is 1. The maximum Gasteiger partial charge on any atom is 0.227 e. The first kappa shape index (κ1) is 11.4. The molecule has 0 spiro atoms. The lowest BCUT2D eigenvalue weighted by Gasteiger charge is -2.02. The highest BCUT2D eigenvalue weighted by molar-refractivity contribution is 5.89. The Labute approximate surface area is 109 Å². The summed E-state index contributed by atoms with van der Waals surface area (Å²) in [5.74, 6) is 0.397. The molecule has 0 aliphatic heterocycles. The smallest absolute Gasteiger partial charge is 0.227 e. The van der Waals surface area contributed by atoms with E-state index in [2.05, 4.69) is 15.3 Å². The summed E-state index contributed by atoms with van der Waals surface area (Å²) in [5.41, 5.74) is 2.92. The lowest BCUT2D eigenvalue weighted by atomic mass is 10.2. The molecule has 0 radical (unpaired) electrons. The first-order chi connectivity index (χ1) is 9.22. The van der Waals surface area contributed by atoms with Crippen LogP contribution in [0.4, 0.5) is 5.69 Å². The Balaban J connectivity index is 2.03. The van der Waals surface area contributed by atoms with E-state index in [-0.39, 0.29) is 5.91 Å². The number of pyridine rings is 1. The van der Waals surface area contributed by atoms with Gasteiger partial charge in [-0.25, -0.2) is 4.98 Å². The molecular formula is C14H11N3O2. The number of rotatable bonds is 2. The summed E-state index contributed by atoms with van der Waals surface area (Å²) < 4.78 is 5.65. The first-order valence-electron chi connectivity index (χ1n) is 5.81. The van der Waals surface area contributed by atoms with Crippen molar-refractivity contribution < 1.29 is 9.21 Å². The summed E-state index contributed by atoms with van der Waals surface area (Å²) in [4.78, 5) is 19.4. The van der Waals surface area contributed by atoms with Gasteiger partial charge in [-0.2, -0.15) is 0 Å². The monoisotopic (exact) mass is 253 g/mol. The third-order valence-corrected chi connectivity index (χ3v) is 2.62. The molecule has 1 amide bonds. The van der Waals surface area contributed by atoms with Crippen LogP contribution in [0.1, 0.15) is 6.92 Å². The molecule has 0 unspecified atom stereocenters. The van der Waals surface area contributed by atoms with E-state index in [0.717, 1.165) is 5.56 Å². The van der Waals surface area contributed by atoms with Crippen LogP contribution in [0.2, 0.25) is 0 Å². The van der Waals surface area contributed by atoms with Crippen LogP contribution in [0.25, 0.3) is 22.6 Å². The lowest BCUT2D eigenvalue weighted by Crippen LogP contribution is -2.05. The standard InChI is InChI=1S/C14H11N3O2/c1-9(18)16-11-4-2-3-10(7-11)14-17-12-8-15-6-5-13(12)19-14/h2-8H,1H3,(H,16,18). The number of oxazole rings is 1. The first-order valence-corrected chi connectivity index (χ1v) is 5.81. The zero-order chi connectivity index (χ0) is 13.2. The molecule has 1 aromatic carbocycles. The van der Waals surface area contributed by atoms with E-state index in [1.807, 2.05) is 24.3 Å². The van der Waals surface area contributed by atoms with Crippen LogP contribution >= 0.6 is 0 Å². The molecule has 3 rings (SSSR count). The Morgan fingerprint density at radius 3 is 3.00 bits per heavy atom. The van der Waals surface area contributed by atoms with Crippen LogP contribution in [0.5, 0.6) is 0 Å². The number of nitrogens with one attached hydrogen (secondary N) is 1. The predicted octanol–water partition coefficient (Wildman–Crippen LogP) is 2.85. The fraction of sp³-hybridized carbons (Fsp3) is 0.0714. The topological polar surface area (TPSA) is 68.0 Å². The Bertz CT molecular complexity index is 716. The summed E-state index contributed by atoms with van der Waals surface area (Å²) in [5, 5.41) is 2.73. The highest BCUT2D eigenvalue weighted by Crippen LogP contribution is 2.25. The number of hydrogen-bond donors (Lipinski definition) is 1. The van der Waals surface area contributed by atoms with Gasteiger partial charge in [-0.1, -0.05) is 6.07 Å². The van der Waals surface area contributed by atoms with Gasteiger partial charge < -0.3 is 9.73 Å². The summed E-state index contributed by atoms with van der Waals surface area (Å²) in [6.45, 7) is 1.47. The second-order valence-corrected chi connectivity index (χ2v) is 4.12. The number of hydrogen-bond acceptors (Lipinski definition) is 4. The predicted molar refractivity (Wildman–Crippen MR) is 71.5 cm³/mol. The molecule has 0 aliphatic carbocycles. The third kappa shape index (κ3) is 2.30.